The van der Waals surface area contributed by atoms with Crippen molar-refractivity contribution in [3.05, 3.63) is 24.3 Å². The van der Waals surface area contributed by atoms with Gasteiger partial charge in [0.2, 0.25) is 17.7 Å². The van der Waals surface area contributed by atoms with E-state index in [1.54, 1.807) is 24.3 Å². The monoisotopic (exact) mass is 583 g/mol. The van der Waals surface area contributed by atoms with Crippen LogP contribution in [0.1, 0.15) is 19.8 Å². The molecule has 9 nitrogen and oxygen atoms in total. The second kappa shape index (κ2) is 9.54. The Hall–Kier alpha value is -2.27. The quantitative estimate of drug-likeness (QED) is 0.288. The van der Waals surface area contributed by atoms with Crippen molar-refractivity contribution in [1.29, 1.82) is 0 Å². The molecule has 4 rings (SSSR count). The molecule has 1 aromatic carbocycles. The molecule has 0 unspecified atom stereocenters. The van der Waals surface area contributed by atoms with E-state index in [2.05, 4.69) is 42.5 Å². The molecule has 33 heavy (non-hydrogen) atoms. The molecule has 1 heterocycles. The van der Waals surface area contributed by atoms with Crippen LogP contribution >= 0.6 is 31.9 Å². The number of carbonyl (C=O) groups excluding carboxylic acids is 5. The third kappa shape index (κ3) is 4.70. The van der Waals surface area contributed by atoms with Crippen LogP contribution in [0.5, 0.6) is 0 Å². The molecule has 1 saturated heterocycles. The van der Waals surface area contributed by atoms with Gasteiger partial charge < -0.3 is 15.4 Å². The summed E-state index contributed by atoms with van der Waals surface area (Å²) < 4.78 is 4.99. The minimum absolute atomic E-state index is 0.0466. The van der Waals surface area contributed by atoms with Gasteiger partial charge >= 0.3 is 5.97 Å². The van der Waals surface area contributed by atoms with Crippen LogP contribution in [-0.2, 0) is 28.7 Å². The molecule has 4 amide bonds. The highest BCUT2D eigenvalue weighted by Crippen LogP contribution is 2.60. The van der Waals surface area contributed by atoms with Crippen molar-refractivity contribution in [2.75, 3.05) is 23.8 Å². The molecular formula is C22H23Br2N3O6. The zero-order chi connectivity index (χ0) is 23.9. The molecule has 2 N–H and O–H groups in total. The predicted octanol–water partition coefficient (Wildman–Crippen LogP) is 2.29. The van der Waals surface area contributed by atoms with E-state index < -0.39 is 18.5 Å². The Morgan fingerprint density at radius 2 is 1.48 bits per heavy atom. The molecule has 176 valence electrons. The summed E-state index contributed by atoms with van der Waals surface area (Å²) in [6.45, 7) is 0.863. The summed E-state index contributed by atoms with van der Waals surface area (Å²) in [5, 5.41) is 5.20. The lowest BCUT2D eigenvalue weighted by atomic mass is 9.81. The second-order valence-electron chi connectivity index (χ2n) is 8.55. The van der Waals surface area contributed by atoms with Crippen LogP contribution in [-0.4, -0.2) is 57.3 Å². The fraction of sp³-hybridized carbons (Fsp3) is 0.500. The first-order valence-electron chi connectivity index (χ1n) is 10.6. The molecule has 11 heteroatoms. The predicted molar refractivity (Wildman–Crippen MR) is 126 cm³/mol. The van der Waals surface area contributed by atoms with Crippen molar-refractivity contribution in [2.45, 2.75) is 29.4 Å². The normalized spacial score (nSPS) is 29.7. The maximum absolute atomic E-state index is 12.8. The van der Waals surface area contributed by atoms with Crippen molar-refractivity contribution >= 4 is 72.8 Å². The maximum Gasteiger partial charge on any atom is 0.308 e. The summed E-state index contributed by atoms with van der Waals surface area (Å²) in [7, 11) is 0. The highest BCUT2D eigenvalue weighted by atomic mass is 79.9. The van der Waals surface area contributed by atoms with Gasteiger partial charge in [0.05, 0.1) is 18.3 Å². The highest BCUT2D eigenvalue weighted by molar-refractivity contribution is 9.12. The summed E-state index contributed by atoms with van der Waals surface area (Å²) in [6, 6.07) is 6.47. The van der Waals surface area contributed by atoms with Gasteiger partial charge in [-0.2, -0.15) is 0 Å². The summed E-state index contributed by atoms with van der Waals surface area (Å²) in [5.41, 5.74) is 1.07. The van der Waals surface area contributed by atoms with Crippen LogP contribution in [0.2, 0.25) is 0 Å². The summed E-state index contributed by atoms with van der Waals surface area (Å²) in [5.74, 6) is -2.22. The average Bonchev–Trinajstić information content (AvgIpc) is 3.37. The molecule has 2 aliphatic carbocycles. The SMILES string of the molecule is CC(=O)Nc1ccc(NC(=O)COC(=O)CCN2C(=O)[C@@H]3[C@H]4C[C@@H]([C@H](Br)[C@H]4Br)[C@@H]3C2=O)cc1. The van der Waals surface area contributed by atoms with Gasteiger partial charge in [-0.15, -0.1) is 0 Å². The Balaban J connectivity index is 1.22. The van der Waals surface area contributed by atoms with E-state index in [1.807, 2.05) is 0 Å². The summed E-state index contributed by atoms with van der Waals surface area (Å²) in [4.78, 5) is 62.3. The Morgan fingerprint density at radius 3 is 2.00 bits per heavy atom. The molecule has 3 aliphatic rings. The van der Waals surface area contributed by atoms with Gasteiger partial charge in [-0.05, 0) is 42.5 Å². The Labute approximate surface area is 207 Å². The number of nitrogens with one attached hydrogen (secondary N) is 2. The van der Waals surface area contributed by atoms with Gasteiger partial charge in [-0.1, -0.05) is 31.9 Å². The number of anilines is 2. The number of ether oxygens (including phenoxy) is 1. The van der Waals surface area contributed by atoms with E-state index in [0.29, 0.717) is 11.4 Å². The van der Waals surface area contributed by atoms with Gasteiger partial charge in [-0.25, -0.2) is 0 Å². The smallest absolute Gasteiger partial charge is 0.308 e. The molecule has 1 aliphatic heterocycles. The number of imide groups is 1. The zero-order valence-electron chi connectivity index (χ0n) is 17.8. The molecule has 0 radical (unpaired) electrons. The lowest BCUT2D eigenvalue weighted by molar-refractivity contribution is -0.149. The molecule has 2 saturated carbocycles. The molecule has 2 bridgehead atoms. The Kier molecular flexibility index (Phi) is 6.90. The van der Waals surface area contributed by atoms with E-state index in [9.17, 15) is 24.0 Å². The number of rotatable bonds is 7. The van der Waals surface area contributed by atoms with Gasteiger partial charge in [0.25, 0.3) is 5.91 Å². The molecule has 1 aromatic rings. The molecule has 3 fully saturated rings. The number of halogens is 2. The number of nitrogens with zero attached hydrogens (tertiary/aromatic N) is 1. The largest absolute Gasteiger partial charge is 0.456 e. The van der Waals surface area contributed by atoms with Crippen molar-refractivity contribution in [2.24, 2.45) is 23.7 Å². The Bertz CT molecular complexity index is 968. The minimum Gasteiger partial charge on any atom is -0.456 e. The molecular weight excluding hydrogens is 562 g/mol. The Morgan fingerprint density at radius 1 is 0.970 bits per heavy atom. The van der Waals surface area contributed by atoms with E-state index in [0.717, 1.165) is 6.42 Å². The van der Waals surface area contributed by atoms with Crippen LogP contribution in [0.3, 0.4) is 0 Å². The van der Waals surface area contributed by atoms with Crippen LogP contribution < -0.4 is 10.6 Å². The van der Waals surface area contributed by atoms with Crippen LogP contribution in [0, 0.1) is 23.7 Å². The van der Waals surface area contributed by atoms with Gasteiger partial charge in [0.1, 0.15) is 0 Å². The molecule has 6 atom stereocenters. The standard InChI is InChI=1S/C22H23Br2N3O6/c1-10(28)25-11-2-4-12(5-3-11)26-15(29)9-33-16(30)6-7-27-21(31)17-13-8-14(18(17)22(27)32)20(24)19(13)23/h2-5,13-14,17-20H,6-9H2,1H3,(H,25,28)(H,26,29)/t13-,14-,17-,18+,19+,20+/m1/s1. The van der Waals surface area contributed by atoms with Gasteiger partial charge in [0, 0.05) is 34.5 Å². The number of amides is 4. The number of fused-ring (bicyclic) bond motifs is 5. The number of alkyl halides is 2. The van der Waals surface area contributed by atoms with Gasteiger partial charge in [-0.3, -0.25) is 28.9 Å². The third-order valence-corrected chi connectivity index (χ3v) is 9.68. The zero-order valence-corrected chi connectivity index (χ0v) is 20.9. The van der Waals surface area contributed by atoms with Crippen LogP contribution in [0.4, 0.5) is 11.4 Å². The number of hydrogen-bond acceptors (Lipinski definition) is 6. The van der Waals surface area contributed by atoms with Gasteiger partial charge in [0.15, 0.2) is 6.61 Å². The number of likely N-dealkylation sites (tertiary alicyclic amines) is 1. The van der Waals surface area contributed by atoms with E-state index in [-0.39, 0.29) is 64.0 Å². The summed E-state index contributed by atoms with van der Waals surface area (Å²) >= 11 is 7.28. The molecule has 0 aromatic heterocycles. The number of esters is 1. The highest BCUT2D eigenvalue weighted by Gasteiger charge is 2.66. The van der Waals surface area contributed by atoms with Crippen molar-refractivity contribution in [3.8, 4) is 0 Å². The molecule has 0 spiro atoms. The fourth-order valence-electron chi connectivity index (χ4n) is 5.09. The van der Waals surface area contributed by atoms with Crippen molar-refractivity contribution in [1.82, 2.24) is 4.90 Å². The minimum atomic E-state index is -0.663. The fourth-order valence-corrected chi connectivity index (χ4v) is 6.96. The first-order valence-corrected chi connectivity index (χ1v) is 12.5. The van der Waals surface area contributed by atoms with E-state index >= 15 is 0 Å². The van der Waals surface area contributed by atoms with E-state index in [1.165, 1.54) is 11.8 Å². The van der Waals surface area contributed by atoms with Crippen LogP contribution in [0.15, 0.2) is 24.3 Å². The van der Waals surface area contributed by atoms with Crippen molar-refractivity contribution < 1.29 is 28.7 Å². The van der Waals surface area contributed by atoms with E-state index in [4.69, 9.17) is 4.74 Å². The van der Waals surface area contributed by atoms with Crippen LogP contribution in [0.25, 0.3) is 0 Å². The van der Waals surface area contributed by atoms with Crippen molar-refractivity contribution in [3.63, 3.8) is 0 Å². The third-order valence-electron chi connectivity index (χ3n) is 6.47. The number of benzene rings is 1. The summed E-state index contributed by atoms with van der Waals surface area (Å²) in [6.07, 6.45) is 0.681. The topological polar surface area (TPSA) is 122 Å². The lowest BCUT2D eigenvalue weighted by Crippen LogP contribution is -2.37. The number of carbonyl (C=O) groups is 5. The first-order chi connectivity index (χ1) is 15.7. The maximum atomic E-state index is 12.8. The lowest BCUT2D eigenvalue weighted by Gasteiger charge is -2.28. The first kappa shape index (κ1) is 23.9. The second-order valence-corrected chi connectivity index (χ2v) is 10.7. The number of hydrogen-bond donors (Lipinski definition) is 2. The average molecular weight is 585 g/mol.